The Morgan fingerprint density at radius 2 is 2.07 bits per heavy atom. The van der Waals surface area contributed by atoms with Gasteiger partial charge < -0.3 is 5.32 Å². The number of urea groups is 1. The largest absolute Gasteiger partial charge is 0.325 e. The first-order valence-electron chi connectivity index (χ1n) is 7.90. The van der Waals surface area contributed by atoms with Crippen LogP contribution in [0.2, 0.25) is 0 Å². The number of carbonyl (C=O) groups is 3. The monoisotopic (exact) mass is 409 g/mol. The number of thioether (sulfide) groups is 1. The Kier molecular flexibility index (Phi) is 5.42. The second-order valence-electron chi connectivity index (χ2n) is 6.25. The minimum absolute atomic E-state index is 0.238. The summed E-state index contributed by atoms with van der Waals surface area (Å²) in [5, 5.41) is 13.0. The zero-order valence-corrected chi connectivity index (χ0v) is 16.1. The molecule has 0 unspecified atom stereocenters. The van der Waals surface area contributed by atoms with Gasteiger partial charge in [0.1, 0.15) is 17.9 Å². The van der Waals surface area contributed by atoms with Gasteiger partial charge in [-0.25, -0.2) is 9.18 Å². The number of nitrogens with zero attached hydrogens (tertiary/aromatic N) is 3. The summed E-state index contributed by atoms with van der Waals surface area (Å²) in [6.07, 6.45) is 0. The molecule has 11 heteroatoms. The Hall–Kier alpha value is -2.53. The number of carbonyl (C=O) groups excluding carboxylic acids is 3. The van der Waals surface area contributed by atoms with Crippen LogP contribution in [0.5, 0.6) is 0 Å². The van der Waals surface area contributed by atoms with Gasteiger partial charge in [-0.05, 0) is 25.5 Å². The van der Waals surface area contributed by atoms with Crippen LogP contribution in [0.4, 0.5) is 14.3 Å². The number of halogens is 1. The van der Waals surface area contributed by atoms with Gasteiger partial charge >= 0.3 is 6.03 Å². The average molecular weight is 409 g/mol. The summed E-state index contributed by atoms with van der Waals surface area (Å²) in [7, 11) is 0. The molecule has 0 saturated carbocycles. The van der Waals surface area contributed by atoms with Crippen LogP contribution in [0.15, 0.2) is 28.6 Å². The predicted molar refractivity (Wildman–Crippen MR) is 98.8 cm³/mol. The fourth-order valence-corrected chi connectivity index (χ4v) is 4.09. The molecule has 4 amide bonds. The first kappa shape index (κ1) is 19.2. The van der Waals surface area contributed by atoms with E-state index in [1.54, 1.807) is 32.0 Å². The Bertz CT molecular complexity index is 902. The van der Waals surface area contributed by atoms with Crippen LogP contribution < -0.4 is 10.6 Å². The first-order valence-corrected chi connectivity index (χ1v) is 9.70. The van der Waals surface area contributed by atoms with E-state index in [1.165, 1.54) is 17.8 Å². The number of benzene rings is 1. The van der Waals surface area contributed by atoms with E-state index >= 15 is 0 Å². The van der Waals surface area contributed by atoms with E-state index < -0.39 is 29.9 Å². The zero-order chi connectivity index (χ0) is 19.6. The number of aromatic nitrogens is 2. The average Bonchev–Trinajstić information content (AvgIpc) is 3.12. The molecule has 2 aromatic rings. The van der Waals surface area contributed by atoms with Crippen molar-refractivity contribution in [2.75, 3.05) is 11.9 Å². The van der Waals surface area contributed by atoms with Crippen molar-refractivity contribution in [3.8, 4) is 0 Å². The van der Waals surface area contributed by atoms with Crippen LogP contribution in [0.25, 0.3) is 0 Å². The van der Waals surface area contributed by atoms with Crippen LogP contribution in [-0.2, 0) is 15.3 Å². The molecule has 0 bridgehead atoms. The lowest BCUT2D eigenvalue weighted by Gasteiger charge is -2.15. The molecule has 0 spiro atoms. The van der Waals surface area contributed by atoms with Crippen molar-refractivity contribution in [1.29, 1.82) is 0 Å². The van der Waals surface area contributed by atoms with Gasteiger partial charge in [-0.2, -0.15) is 0 Å². The third-order valence-corrected chi connectivity index (χ3v) is 5.73. The highest BCUT2D eigenvalue weighted by Crippen LogP contribution is 2.29. The maximum atomic E-state index is 13.6. The van der Waals surface area contributed by atoms with Gasteiger partial charge in [0.25, 0.3) is 5.91 Å². The van der Waals surface area contributed by atoms with Crippen LogP contribution in [-0.4, -0.2) is 45.0 Å². The van der Waals surface area contributed by atoms with Crippen molar-refractivity contribution in [3.63, 3.8) is 0 Å². The van der Waals surface area contributed by atoms with Crippen LogP contribution in [0, 0.1) is 5.82 Å². The molecular formula is C16H16FN5O3S2. The molecule has 1 aliphatic heterocycles. The molecule has 0 aliphatic carbocycles. The van der Waals surface area contributed by atoms with Gasteiger partial charge in [0.05, 0.1) is 0 Å². The summed E-state index contributed by atoms with van der Waals surface area (Å²) in [5.41, 5.74) is -0.485. The molecule has 1 saturated heterocycles. The molecule has 1 aliphatic rings. The van der Waals surface area contributed by atoms with E-state index in [0.29, 0.717) is 15.7 Å². The second-order valence-corrected chi connectivity index (χ2v) is 8.45. The van der Waals surface area contributed by atoms with Gasteiger partial charge in [-0.15, -0.1) is 10.2 Å². The maximum Gasteiger partial charge on any atom is 0.325 e. The van der Waals surface area contributed by atoms with Crippen molar-refractivity contribution in [2.45, 2.75) is 29.5 Å². The van der Waals surface area contributed by atoms with E-state index in [4.69, 9.17) is 0 Å². The number of rotatable bonds is 6. The Balaban J connectivity index is 1.55. The van der Waals surface area contributed by atoms with E-state index in [9.17, 15) is 18.8 Å². The van der Waals surface area contributed by atoms with E-state index in [0.717, 1.165) is 16.2 Å². The van der Waals surface area contributed by atoms with E-state index in [-0.39, 0.29) is 10.9 Å². The highest BCUT2D eigenvalue weighted by Gasteiger charge is 2.44. The normalized spacial score (nSPS) is 15.7. The maximum absolute atomic E-state index is 13.6. The molecule has 0 atom stereocenters. The lowest BCUT2D eigenvalue weighted by atomic mass is 10.1. The molecular weight excluding hydrogens is 393 g/mol. The van der Waals surface area contributed by atoms with Crippen molar-refractivity contribution in [3.05, 3.63) is 35.6 Å². The highest BCUT2D eigenvalue weighted by molar-refractivity contribution is 8.00. The smallest absolute Gasteiger partial charge is 0.324 e. The van der Waals surface area contributed by atoms with Gasteiger partial charge in [-0.1, -0.05) is 41.3 Å². The Labute approximate surface area is 162 Å². The number of nitrogens with one attached hydrogen (secondary N) is 2. The number of hydrogen-bond donors (Lipinski definition) is 2. The first-order chi connectivity index (χ1) is 12.8. The van der Waals surface area contributed by atoms with Crippen molar-refractivity contribution in [2.24, 2.45) is 0 Å². The lowest BCUT2D eigenvalue weighted by Crippen LogP contribution is -2.41. The molecule has 3 rings (SSSR count). The Morgan fingerprint density at radius 3 is 2.74 bits per heavy atom. The molecule has 2 N–H and O–H groups in total. The predicted octanol–water partition coefficient (Wildman–Crippen LogP) is 2.24. The summed E-state index contributed by atoms with van der Waals surface area (Å²) in [6.45, 7) is 2.72. The van der Waals surface area contributed by atoms with Crippen molar-refractivity contribution < 1.29 is 18.8 Å². The summed E-state index contributed by atoms with van der Waals surface area (Å²) in [5.74, 6) is -0.939. The molecule has 0 radical (unpaired) electrons. The van der Waals surface area contributed by atoms with Gasteiger partial charge in [0.2, 0.25) is 11.0 Å². The summed E-state index contributed by atoms with van der Waals surface area (Å²) in [4.78, 5) is 36.8. The van der Waals surface area contributed by atoms with Crippen molar-refractivity contribution >= 4 is 46.1 Å². The van der Waals surface area contributed by atoms with Gasteiger partial charge in [0, 0.05) is 5.75 Å². The third kappa shape index (κ3) is 4.42. The molecule has 1 aromatic carbocycles. The molecule has 27 heavy (non-hydrogen) atoms. The molecule has 142 valence electrons. The van der Waals surface area contributed by atoms with E-state index in [2.05, 4.69) is 20.8 Å². The van der Waals surface area contributed by atoms with Crippen LogP contribution in [0.3, 0.4) is 0 Å². The minimum atomic E-state index is -1.03. The summed E-state index contributed by atoms with van der Waals surface area (Å²) < 4.78 is 14.2. The van der Waals surface area contributed by atoms with Crippen LogP contribution >= 0.6 is 23.1 Å². The summed E-state index contributed by atoms with van der Waals surface area (Å²) >= 11 is 2.42. The highest BCUT2D eigenvalue weighted by atomic mass is 32.2. The van der Waals surface area contributed by atoms with Crippen molar-refractivity contribution in [1.82, 2.24) is 20.4 Å². The number of imide groups is 1. The second kappa shape index (κ2) is 7.61. The lowest BCUT2D eigenvalue weighted by molar-refractivity contribution is -0.132. The summed E-state index contributed by atoms with van der Waals surface area (Å²) in [6, 6.07) is 5.83. The number of hydrogen-bond acceptors (Lipinski definition) is 7. The molecule has 1 fully saturated rings. The molecule has 1 aromatic heterocycles. The molecule has 2 heterocycles. The van der Waals surface area contributed by atoms with Gasteiger partial charge in [-0.3, -0.25) is 19.8 Å². The van der Waals surface area contributed by atoms with E-state index in [1.807, 2.05) is 0 Å². The minimum Gasteiger partial charge on any atom is -0.324 e. The van der Waals surface area contributed by atoms with Crippen LogP contribution in [0.1, 0.15) is 19.4 Å². The Morgan fingerprint density at radius 1 is 1.33 bits per heavy atom. The van der Waals surface area contributed by atoms with Gasteiger partial charge in [0.15, 0.2) is 4.34 Å². The zero-order valence-electron chi connectivity index (χ0n) is 14.5. The third-order valence-electron chi connectivity index (χ3n) is 3.71. The standard InChI is InChI=1S/C16H16FN5O3S2/c1-16(2)12(24)22(14(25)19-16)7-11(23)18-13-20-21-15(27-13)26-8-9-5-3-4-6-10(9)17/h3-6H,7-8H2,1-2H3,(H,19,25)(H,18,20,23). The molecule has 8 nitrogen and oxygen atoms in total. The fourth-order valence-electron chi connectivity index (χ4n) is 2.34. The quantitative estimate of drug-likeness (QED) is 0.431. The number of anilines is 1. The topological polar surface area (TPSA) is 104 Å². The number of amides is 4. The fraction of sp³-hybridized carbons (Fsp3) is 0.312. The SMILES string of the molecule is CC1(C)NC(=O)N(CC(=O)Nc2nnc(SCc3ccccc3F)s2)C1=O.